The molecule has 110 valence electrons. The third kappa shape index (κ3) is 2.92. The van der Waals surface area contributed by atoms with Crippen LogP contribution in [0, 0.1) is 0 Å². The van der Waals surface area contributed by atoms with Gasteiger partial charge in [0.25, 0.3) is 5.89 Å². The summed E-state index contributed by atoms with van der Waals surface area (Å²) in [5, 5.41) is 9.41. The van der Waals surface area contributed by atoms with E-state index >= 15 is 0 Å². The van der Waals surface area contributed by atoms with Crippen LogP contribution in [0.4, 0.5) is 0 Å². The minimum absolute atomic E-state index is 0.284. The van der Waals surface area contributed by atoms with Crippen molar-refractivity contribution < 1.29 is 4.52 Å². The lowest BCUT2D eigenvalue weighted by atomic mass is 10.2. The van der Waals surface area contributed by atoms with Crippen LogP contribution in [-0.4, -0.2) is 23.2 Å². The fraction of sp³-hybridized carbons (Fsp3) is 0.286. The van der Waals surface area contributed by atoms with Crippen molar-refractivity contribution >= 4 is 44.6 Å². The van der Waals surface area contributed by atoms with E-state index in [1.54, 1.807) is 0 Å². The van der Waals surface area contributed by atoms with Crippen molar-refractivity contribution in [1.82, 2.24) is 15.5 Å². The molecule has 1 aromatic carbocycles. The number of hydrogen-bond acceptors (Lipinski definition) is 5. The molecule has 3 aromatic rings. The van der Waals surface area contributed by atoms with Gasteiger partial charge in [0.05, 0.1) is 5.02 Å². The summed E-state index contributed by atoms with van der Waals surface area (Å²) in [6.45, 7) is 2.06. The predicted molar refractivity (Wildman–Crippen MR) is 87.4 cm³/mol. The second kappa shape index (κ2) is 5.93. The monoisotopic (exact) mass is 341 g/mol. The molecule has 1 N–H and O–H groups in total. The molecule has 21 heavy (non-hydrogen) atoms. The van der Waals surface area contributed by atoms with E-state index in [-0.39, 0.29) is 6.04 Å². The molecule has 0 aliphatic rings. The molecule has 1 atom stereocenters. The molecule has 0 fully saturated rings. The van der Waals surface area contributed by atoms with Crippen molar-refractivity contribution in [3.05, 3.63) is 34.1 Å². The van der Waals surface area contributed by atoms with Crippen LogP contribution in [0.1, 0.15) is 12.7 Å². The lowest BCUT2D eigenvalue weighted by molar-refractivity contribution is 0.419. The molecule has 0 radical (unpaired) electrons. The molecule has 2 heterocycles. The number of hydrogen-bond donors (Lipinski definition) is 1. The second-order valence-electron chi connectivity index (χ2n) is 4.80. The van der Waals surface area contributed by atoms with Crippen LogP contribution in [0.2, 0.25) is 10.0 Å². The Labute approximate surface area is 136 Å². The molecule has 0 saturated carbocycles. The summed E-state index contributed by atoms with van der Waals surface area (Å²) >= 11 is 13.9. The quantitative estimate of drug-likeness (QED) is 0.763. The van der Waals surface area contributed by atoms with E-state index in [0.717, 1.165) is 15.0 Å². The van der Waals surface area contributed by atoms with Crippen molar-refractivity contribution in [1.29, 1.82) is 0 Å². The van der Waals surface area contributed by atoms with Gasteiger partial charge >= 0.3 is 0 Å². The van der Waals surface area contributed by atoms with E-state index in [4.69, 9.17) is 27.7 Å². The van der Waals surface area contributed by atoms with Crippen LogP contribution >= 0.6 is 34.5 Å². The number of thiophene rings is 1. The average molecular weight is 342 g/mol. The van der Waals surface area contributed by atoms with Crippen molar-refractivity contribution in [3.63, 3.8) is 0 Å². The lowest BCUT2D eigenvalue weighted by Crippen LogP contribution is -2.24. The molecule has 2 aromatic heterocycles. The first kappa shape index (κ1) is 14.8. The van der Waals surface area contributed by atoms with Gasteiger partial charge < -0.3 is 9.84 Å². The Morgan fingerprint density at radius 3 is 2.95 bits per heavy atom. The summed E-state index contributed by atoms with van der Waals surface area (Å²) in [6, 6.07) is 5.89. The smallest absolute Gasteiger partial charge is 0.269 e. The highest BCUT2D eigenvalue weighted by molar-refractivity contribution is 7.23. The largest absolute Gasteiger partial charge is 0.333 e. The summed E-state index contributed by atoms with van der Waals surface area (Å²) in [6.07, 6.45) is 0.703. The highest BCUT2D eigenvalue weighted by Gasteiger charge is 2.18. The molecular weight excluding hydrogens is 329 g/mol. The predicted octanol–water partition coefficient (Wildman–Crippen LogP) is 4.41. The van der Waals surface area contributed by atoms with Crippen LogP contribution in [0.25, 0.3) is 20.9 Å². The van der Waals surface area contributed by atoms with Gasteiger partial charge in [-0.25, -0.2) is 0 Å². The molecule has 0 saturated heterocycles. The van der Waals surface area contributed by atoms with Crippen molar-refractivity contribution in [3.8, 4) is 10.8 Å². The molecule has 0 amide bonds. The van der Waals surface area contributed by atoms with Gasteiger partial charge in [0, 0.05) is 27.6 Å². The summed E-state index contributed by atoms with van der Waals surface area (Å²) in [5.41, 5.74) is 0. The SMILES string of the molecule is CNC(C)Cc1noc(-c2sc3cc(Cl)ccc3c2Cl)n1. The van der Waals surface area contributed by atoms with E-state index in [1.807, 2.05) is 25.2 Å². The van der Waals surface area contributed by atoms with Gasteiger partial charge in [-0.1, -0.05) is 34.4 Å². The van der Waals surface area contributed by atoms with E-state index < -0.39 is 0 Å². The van der Waals surface area contributed by atoms with Crippen LogP contribution in [0.15, 0.2) is 22.7 Å². The zero-order valence-corrected chi connectivity index (χ0v) is 13.8. The first-order valence-corrected chi connectivity index (χ1v) is 8.03. The van der Waals surface area contributed by atoms with Crippen molar-refractivity contribution in [2.75, 3.05) is 7.05 Å². The number of likely N-dealkylation sites (N-methyl/N-ethyl adjacent to an activating group) is 1. The van der Waals surface area contributed by atoms with Crippen LogP contribution < -0.4 is 5.32 Å². The van der Waals surface area contributed by atoms with Crippen molar-refractivity contribution in [2.45, 2.75) is 19.4 Å². The van der Waals surface area contributed by atoms with Gasteiger partial charge in [0.2, 0.25) is 0 Å². The number of fused-ring (bicyclic) bond motifs is 1. The van der Waals surface area contributed by atoms with E-state index in [0.29, 0.717) is 28.2 Å². The number of halogens is 2. The highest BCUT2D eigenvalue weighted by atomic mass is 35.5. The normalized spacial score (nSPS) is 13.0. The summed E-state index contributed by atoms with van der Waals surface area (Å²) in [7, 11) is 1.90. The Morgan fingerprint density at radius 2 is 2.19 bits per heavy atom. The Hall–Kier alpha value is -1.14. The number of benzene rings is 1. The zero-order valence-electron chi connectivity index (χ0n) is 11.5. The third-order valence-electron chi connectivity index (χ3n) is 3.24. The maximum absolute atomic E-state index is 6.41. The van der Waals surface area contributed by atoms with Gasteiger partial charge in [-0.3, -0.25) is 0 Å². The number of rotatable bonds is 4. The Kier molecular flexibility index (Phi) is 4.17. The maximum Gasteiger partial charge on any atom is 0.269 e. The van der Waals surface area contributed by atoms with Gasteiger partial charge in [-0.05, 0) is 26.1 Å². The average Bonchev–Trinajstić information content (AvgIpc) is 3.03. The van der Waals surface area contributed by atoms with E-state index in [1.165, 1.54) is 11.3 Å². The molecular formula is C14H13Cl2N3OS. The molecule has 4 nitrogen and oxygen atoms in total. The zero-order chi connectivity index (χ0) is 15.0. The maximum atomic E-state index is 6.41. The molecule has 0 aliphatic carbocycles. The second-order valence-corrected chi connectivity index (χ2v) is 6.66. The van der Waals surface area contributed by atoms with E-state index in [2.05, 4.69) is 22.4 Å². The van der Waals surface area contributed by atoms with Crippen molar-refractivity contribution in [2.24, 2.45) is 0 Å². The standard InChI is InChI=1S/C14H13Cl2N3OS/c1-7(17-2)5-11-18-14(20-19-11)13-12(16)9-4-3-8(15)6-10(9)21-13/h3-4,6-7,17H,5H2,1-2H3. The first-order chi connectivity index (χ1) is 10.1. The lowest BCUT2D eigenvalue weighted by Gasteiger charge is -2.04. The van der Waals surface area contributed by atoms with Crippen LogP contribution in [-0.2, 0) is 6.42 Å². The Balaban J connectivity index is 1.98. The molecule has 1 unspecified atom stereocenters. The molecule has 3 rings (SSSR count). The number of aromatic nitrogens is 2. The van der Waals surface area contributed by atoms with Gasteiger partial charge in [-0.15, -0.1) is 11.3 Å². The molecule has 7 heteroatoms. The highest BCUT2D eigenvalue weighted by Crippen LogP contribution is 2.42. The van der Waals surface area contributed by atoms with Crippen LogP contribution in [0.3, 0.4) is 0 Å². The van der Waals surface area contributed by atoms with Crippen LogP contribution in [0.5, 0.6) is 0 Å². The fourth-order valence-electron chi connectivity index (χ4n) is 1.98. The number of nitrogens with one attached hydrogen (secondary N) is 1. The molecule has 0 spiro atoms. The molecule has 0 aliphatic heterocycles. The Bertz CT molecular complexity index is 784. The number of nitrogens with zero attached hydrogens (tertiary/aromatic N) is 2. The minimum atomic E-state index is 0.284. The Morgan fingerprint density at radius 1 is 1.38 bits per heavy atom. The summed E-state index contributed by atoms with van der Waals surface area (Å²) in [5.74, 6) is 1.12. The van der Waals surface area contributed by atoms with Gasteiger partial charge in [0.1, 0.15) is 4.88 Å². The topological polar surface area (TPSA) is 51.0 Å². The van der Waals surface area contributed by atoms with Gasteiger partial charge in [-0.2, -0.15) is 4.98 Å². The minimum Gasteiger partial charge on any atom is -0.333 e. The van der Waals surface area contributed by atoms with Gasteiger partial charge in [0.15, 0.2) is 5.82 Å². The third-order valence-corrected chi connectivity index (χ3v) is 5.12. The first-order valence-electron chi connectivity index (χ1n) is 6.46. The van der Waals surface area contributed by atoms with E-state index in [9.17, 15) is 0 Å². The fourth-order valence-corrected chi connectivity index (χ4v) is 3.69. The molecule has 0 bridgehead atoms. The summed E-state index contributed by atoms with van der Waals surface area (Å²) in [4.78, 5) is 5.20. The summed E-state index contributed by atoms with van der Waals surface area (Å²) < 4.78 is 6.35.